The molecule has 0 radical (unpaired) electrons. The number of rotatable bonds is 6. The quantitative estimate of drug-likeness (QED) is 0.601. The summed E-state index contributed by atoms with van der Waals surface area (Å²) in [5, 5.41) is 2.43. The molecule has 3 rings (SSSR count). The summed E-state index contributed by atoms with van der Waals surface area (Å²) < 4.78 is 43.8. The molecule has 2 amide bonds. The summed E-state index contributed by atoms with van der Waals surface area (Å²) in [5.74, 6) is -0.497. The van der Waals surface area contributed by atoms with Gasteiger partial charge in [0.2, 0.25) is 5.91 Å². The van der Waals surface area contributed by atoms with Crippen LogP contribution in [0.25, 0.3) is 0 Å². The van der Waals surface area contributed by atoms with Gasteiger partial charge in [-0.1, -0.05) is 24.3 Å². The number of alkyl halides is 3. The first-order valence-corrected chi connectivity index (χ1v) is 9.26. The van der Waals surface area contributed by atoms with E-state index < -0.39 is 23.6 Å². The Hall–Kier alpha value is -3.81. The lowest BCUT2D eigenvalue weighted by Gasteiger charge is -2.22. The number of benzene rings is 3. The van der Waals surface area contributed by atoms with Crippen LogP contribution in [0.4, 0.5) is 24.5 Å². The Balaban J connectivity index is 1.82. The van der Waals surface area contributed by atoms with E-state index >= 15 is 0 Å². The number of hydrogen-bond acceptors (Lipinski definition) is 3. The topological polar surface area (TPSA) is 58.6 Å². The molecule has 0 aliphatic rings. The summed E-state index contributed by atoms with van der Waals surface area (Å²) in [6.07, 6.45) is -4.53. The Labute approximate surface area is 177 Å². The fourth-order valence-corrected chi connectivity index (χ4v) is 2.90. The average Bonchev–Trinajstić information content (AvgIpc) is 2.77. The van der Waals surface area contributed by atoms with Crippen molar-refractivity contribution in [3.63, 3.8) is 0 Å². The highest BCUT2D eigenvalue weighted by Crippen LogP contribution is 2.30. The number of nitrogens with one attached hydrogen (secondary N) is 1. The average molecular weight is 428 g/mol. The van der Waals surface area contributed by atoms with Crippen molar-refractivity contribution in [1.29, 1.82) is 0 Å². The van der Waals surface area contributed by atoms with Gasteiger partial charge in [0, 0.05) is 16.9 Å². The second kappa shape index (κ2) is 9.34. The van der Waals surface area contributed by atoms with Crippen LogP contribution >= 0.6 is 0 Å². The second-order valence-corrected chi connectivity index (χ2v) is 6.58. The highest BCUT2D eigenvalue weighted by Gasteiger charge is 2.30. The third-order valence-corrected chi connectivity index (χ3v) is 4.43. The fraction of sp³-hybridized carbons (Fsp3) is 0.130. The van der Waals surface area contributed by atoms with Crippen LogP contribution in [0.5, 0.6) is 5.75 Å². The first-order valence-electron chi connectivity index (χ1n) is 9.26. The number of ether oxygens (including phenoxy) is 1. The maximum absolute atomic E-state index is 13.1. The van der Waals surface area contributed by atoms with Gasteiger partial charge < -0.3 is 10.1 Å². The molecule has 0 aromatic heterocycles. The summed E-state index contributed by atoms with van der Waals surface area (Å²) in [6.45, 7) is -0.384. The molecule has 8 heteroatoms. The Kier molecular flexibility index (Phi) is 6.59. The standard InChI is InChI=1S/C23H19F3N2O3/c1-31-20-12-10-16(11-13-20)22(30)28(19-8-3-2-4-9-19)15-21(29)27-18-7-5-6-17(14-18)23(24,25)26/h2-14H,15H2,1H3,(H,27,29). The Morgan fingerprint density at radius 1 is 0.935 bits per heavy atom. The zero-order chi connectivity index (χ0) is 22.4. The highest BCUT2D eigenvalue weighted by atomic mass is 19.4. The van der Waals surface area contributed by atoms with Gasteiger partial charge in [-0.25, -0.2) is 0 Å². The summed E-state index contributed by atoms with van der Waals surface area (Å²) in [7, 11) is 1.51. The third-order valence-electron chi connectivity index (χ3n) is 4.43. The molecular weight excluding hydrogens is 409 g/mol. The van der Waals surface area contributed by atoms with Crippen LogP contribution in [0.3, 0.4) is 0 Å². The van der Waals surface area contributed by atoms with Gasteiger partial charge in [-0.15, -0.1) is 0 Å². The molecule has 0 unspecified atom stereocenters. The molecule has 0 heterocycles. The van der Waals surface area contributed by atoms with E-state index in [-0.39, 0.29) is 12.2 Å². The first kappa shape index (κ1) is 21.9. The smallest absolute Gasteiger partial charge is 0.416 e. The molecule has 5 nitrogen and oxygen atoms in total. The van der Waals surface area contributed by atoms with Crippen molar-refractivity contribution in [2.75, 3.05) is 23.9 Å². The van der Waals surface area contributed by atoms with E-state index in [4.69, 9.17) is 4.74 Å². The lowest BCUT2D eigenvalue weighted by molar-refractivity contribution is -0.137. The number of para-hydroxylation sites is 1. The molecule has 3 aromatic carbocycles. The first-order chi connectivity index (χ1) is 14.8. The van der Waals surface area contributed by atoms with Crippen LogP contribution in [0, 0.1) is 0 Å². The predicted octanol–water partition coefficient (Wildman–Crippen LogP) is 5.00. The number of halogens is 3. The van der Waals surface area contributed by atoms with Crippen molar-refractivity contribution in [2.45, 2.75) is 6.18 Å². The van der Waals surface area contributed by atoms with Crippen molar-refractivity contribution >= 4 is 23.2 Å². The lowest BCUT2D eigenvalue weighted by atomic mass is 10.1. The fourth-order valence-electron chi connectivity index (χ4n) is 2.90. The molecule has 0 fully saturated rings. The van der Waals surface area contributed by atoms with Gasteiger partial charge in [0.15, 0.2) is 0 Å². The zero-order valence-electron chi connectivity index (χ0n) is 16.5. The van der Waals surface area contributed by atoms with E-state index in [0.717, 1.165) is 12.1 Å². The van der Waals surface area contributed by atoms with Crippen LogP contribution in [0.15, 0.2) is 78.9 Å². The predicted molar refractivity (Wildman–Crippen MR) is 111 cm³/mol. The van der Waals surface area contributed by atoms with Crippen molar-refractivity contribution in [3.8, 4) is 5.75 Å². The summed E-state index contributed by atoms with van der Waals surface area (Å²) in [4.78, 5) is 26.9. The number of anilines is 2. The Bertz CT molecular complexity index is 1050. The minimum absolute atomic E-state index is 0.00951. The molecule has 160 valence electrons. The van der Waals surface area contributed by atoms with Crippen molar-refractivity contribution in [3.05, 3.63) is 90.0 Å². The number of hydrogen-bond donors (Lipinski definition) is 1. The number of methoxy groups -OCH3 is 1. The minimum atomic E-state index is -4.53. The number of amides is 2. The second-order valence-electron chi connectivity index (χ2n) is 6.58. The molecule has 0 spiro atoms. The van der Waals surface area contributed by atoms with E-state index in [0.29, 0.717) is 17.0 Å². The number of carbonyl (C=O) groups excluding carboxylic acids is 2. The van der Waals surface area contributed by atoms with Gasteiger partial charge in [0.05, 0.1) is 12.7 Å². The molecule has 0 saturated carbocycles. The van der Waals surface area contributed by atoms with Gasteiger partial charge in [0.25, 0.3) is 5.91 Å². The van der Waals surface area contributed by atoms with Gasteiger partial charge in [-0.2, -0.15) is 13.2 Å². The van der Waals surface area contributed by atoms with Crippen LogP contribution < -0.4 is 15.0 Å². The van der Waals surface area contributed by atoms with E-state index in [1.807, 2.05) is 0 Å². The third kappa shape index (κ3) is 5.63. The van der Waals surface area contributed by atoms with E-state index in [2.05, 4.69) is 5.32 Å². The van der Waals surface area contributed by atoms with Gasteiger partial charge in [-0.3, -0.25) is 14.5 Å². The lowest BCUT2D eigenvalue weighted by Crippen LogP contribution is -2.38. The molecule has 0 aliphatic carbocycles. The highest BCUT2D eigenvalue weighted by molar-refractivity contribution is 6.10. The molecule has 0 saturated heterocycles. The van der Waals surface area contributed by atoms with E-state index in [1.165, 1.54) is 24.1 Å². The molecule has 1 N–H and O–H groups in total. The summed E-state index contributed by atoms with van der Waals surface area (Å²) >= 11 is 0. The van der Waals surface area contributed by atoms with E-state index in [1.54, 1.807) is 54.6 Å². The van der Waals surface area contributed by atoms with Crippen LogP contribution in [-0.4, -0.2) is 25.5 Å². The SMILES string of the molecule is COc1ccc(C(=O)N(CC(=O)Nc2cccc(C(F)(F)F)c2)c2ccccc2)cc1. The summed E-state index contributed by atoms with van der Waals surface area (Å²) in [5.41, 5.74) is -0.0803. The number of nitrogens with zero attached hydrogens (tertiary/aromatic N) is 1. The Morgan fingerprint density at radius 2 is 1.61 bits per heavy atom. The van der Waals surface area contributed by atoms with Crippen molar-refractivity contribution < 1.29 is 27.5 Å². The van der Waals surface area contributed by atoms with Crippen LogP contribution in [-0.2, 0) is 11.0 Å². The minimum Gasteiger partial charge on any atom is -0.497 e. The monoisotopic (exact) mass is 428 g/mol. The maximum Gasteiger partial charge on any atom is 0.416 e. The van der Waals surface area contributed by atoms with Crippen LogP contribution in [0.2, 0.25) is 0 Å². The molecule has 3 aromatic rings. The van der Waals surface area contributed by atoms with Crippen molar-refractivity contribution in [1.82, 2.24) is 0 Å². The molecule has 0 atom stereocenters. The van der Waals surface area contributed by atoms with Crippen LogP contribution in [0.1, 0.15) is 15.9 Å². The molecule has 31 heavy (non-hydrogen) atoms. The normalized spacial score (nSPS) is 11.0. The maximum atomic E-state index is 13.1. The Morgan fingerprint density at radius 3 is 2.23 bits per heavy atom. The van der Waals surface area contributed by atoms with E-state index in [9.17, 15) is 22.8 Å². The zero-order valence-corrected chi connectivity index (χ0v) is 16.5. The molecule has 0 bridgehead atoms. The van der Waals surface area contributed by atoms with Gasteiger partial charge in [0.1, 0.15) is 12.3 Å². The number of carbonyl (C=O) groups is 2. The molecule has 0 aliphatic heterocycles. The van der Waals surface area contributed by atoms with Gasteiger partial charge in [-0.05, 0) is 54.6 Å². The molecular formula is C23H19F3N2O3. The largest absolute Gasteiger partial charge is 0.497 e. The summed E-state index contributed by atoms with van der Waals surface area (Å²) in [6, 6.07) is 19.2. The van der Waals surface area contributed by atoms with Gasteiger partial charge >= 0.3 is 6.18 Å². The van der Waals surface area contributed by atoms with Crippen molar-refractivity contribution in [2.24, 2.45) is 0 Å².